The summed E-state index contributed by atoms with van der Waals surface area (Å²) in [4.78, 5) is 23.5. The van der Waals surface area contributed by atoms with Gasteiger partial charge in [0.15, 0.2) is 11.0 Å². The number of thiazole rings is 1. The van der Waals surface area contributed by atoms with E-state index in [4.69, 9.17) is 33.0 Å². The predicted molar refractivity (Wildman–Crippen MR) is 142 cm³/mol. The highest BCUT2D eigenvalue weighted by molar-refractivity contribution is 7.14. The molecule has 0 amide bonds. The number of nitrogens with one attached hydrogen (secondary N) is 2. The number of ether oxygens (including phenoxy) is 1. The molecule has 0 saturated carbocycles. The highest BCUT2D eigenvalue weighted by Crippen LogP contribution is 2.29. The van der Waals surface area contributed by atoms with E-state index in [-0.39, 0.29) is 18.0 Å². The van der Waals surface area contributed by atoms with E-state index in [1.165, 1.54) is 11.3 Å². The Labute approximate surface area is 220 Å². The second-order valence-corrected chi connectivity index (χ2v) is 9.02. The van der Waals surface area contributed by atoms with Crippen molar-refractivity contribution < 1.29 is 14.6 Å². The molecule has 7 nitrogen and oxygen atoms in total. The lowest BCUT2D eigenvalue weighted by molar-refractivity contribution is 0.0697. The number of carbonyl (C=O) groups is 1. The van der Waals surface area contributed by atoms with Crippen LogP contribution in [0.2, 0.25) is 10.0 Å². The third kappa shape index (κ3) is 5.68. The Morgan fingerprint density at radius 2 is 1.83 bits per heavy atom. The fraction of sp³-hybridized carbons (Fsp3) is 0.0417. The third-order valence-corrected chi connectivity index (χ3v) is 6.47. The molecule has 0 aliphatic heterocycles. The van der Waals surface area contributed by atoms with Crippen molar-refractivity contribution >= 4 is 74.8 Å². The number of halogens is 3. The van der Waals surface area contributed by atoms with E-state index in [2.05, 4.69) is 20.3 Å². The second kappa shape index (κ2) is 10.5. The van der Waals surface area contributed by atoms with Gasteiger partial charge in [0, 0.05) is 17.1 Å². The molecule has 0 fully saturated rings. The van der Waals surface area contributed by atoms with Crippen molar-refractivity contribution in [3.8, 4) is 17.3 Å². The van der Waals surface area contributed by atoms with Gasteiger partial charge in [-0.1, -0.05) is 29.3 Å². The van der Waals surface area contributed by atoms with Gasteiger partial charge < -0.3 is 20.1 Å². The van der Waals surface area contributed by atoms with E-state index in [1.807, 2.05) is 29.6 Å². The highest BCUT2D eigenvalue weighted by Gasteiger charge is 2.11. The lowest BCUT2D eigenvalue weighted by Crippen LogP contribution is -1.96. The van der Waals surface area contributed by atoms with Crippen LogP contribution in [-0.4, -0.2) is 26.0 Å². The number of fused-ring (bicyclic) bond motifs is 1. The number of rotatable bonds is 7. The van der Waals surface area contributed by atoms with Crippen molar-refractivity contribution in [2.75, 3.05) is 5.32 Å². The monoisotopic (exact) mass is 546 g/mol. The van der Waals surface area contributed by atoms with Crippen molar-refractivity contribution in [1.29, 1.82) is 0 Å². The largest absolute Gasteiger partial charge is 0.489 e. The molecule has 0 atom stereocenters. The molecular formula is C24H17Cl3N4O3S. The Balaban J connectivity index is 0.00000289. The molecule has 5 rings (SSSR count). The smallest absolute Gasteiger partial charge is 0.335 e. The summed E-state index contributed by atoms with van der Waals surface area (Å²) in [5.41, 5.74) is 4.22. The first kappa shape index (κ1) is 24.8. The molecule has 3 aromatic carbocycles. The maximum Gasteiger partial charge on any atom is 0.335 e. The van der Waals surface area contributed by atoms with Crippen molar-refractivity contribution in [2.45, 2.75) is 6.61 Å². The minimum atomic E-state index is -0.962. The lowest BCUT2D eigenvalue weighted by Gasteiger charge is -2.07. The predicted octanol–water partition coefficient (Wildman–Crippen LogP) is 7.44. The van der Waals surface area contributed by atoms with Gasteiger partial charge in [0.1, 0.15) is 18.1 Å². The molecule has 178 valence electrons. The summed E-state index contributed by atoms with van der Waals surface area (Å²) < 4.78 is 5.89. The molecule has 2 aromatic heterocycles. The summed E-state index contributed by atoms with van der Waals surface area (Å²) >= 11 is 13.5. The number of aromatic amines is 1. The Kier molecular flexibility index (Phi) is 7.47. The molecule has 0 saturated heterocycles. The summed E-state index contributed by atoms with van der Waals surface area (Å²) in [6.45, 7) is 0.359. The number of carboxylic acids is 1. The van der Waals surface area contributed by atoms with E-state index < -0.39 is 5.97 Å². The lowest BCUT2D eigenvalue weighted by atomic mass is 10.2. The fourth-order valence-electron chi connectivity index (χ4n) is 3.26. The van der Waals surface area contributed by atoms with E-state index in [1.54, 1.807) is 36.4 Å². The first-order valence-corrected chi connectivity index (χ1v) is 11.7. The number of carboxylic acid groups (broad SMARTS) is 1. The average molecular weight is 548 g/mol. The van der Waals surface area contributed by atoms with Gasteiger partial charge in [-0.3, -0.25) is 0 Å². The van der Waals surface area contributed by atoms with Crippen LogP contribution >= 0.6 is 46.9 Å². The molecule has 0 radical (unpaired) electrons. The van der Waals surface area contributed by atoms with Gasteiger partial charge in [-0.15, -0.1) is 23.7 Å². The molecule has 5 aromatic rings. The number of anilines is 2. The van der Waals surface area contributed by atoms with Crippen LogP contribution in [0.4, 0.5) is 10.8 Å². The SMILES string of the molecule is Cl.O=C(O)c1ccc(Nc2nc(-c3nc4ccc(OCc5ccc(Cl)c(Cl)c5)cc4[nH]3)cs2)cc1. The quantitative estimate of drug-likeness (QED) is 0.196. The van der Waals surface area contributed by atoms with Gasteiger partial charge >= 0.3 is 5.97 Å². The van der Waals surface area contributed by atoms with E-state index in [0.717, 1.165) is 22.3 Å². The summed E-state index contributed by atoms with van der Waals surface area (Å²) in [5.74, 6) is 0.372. The molecule has 11 heteroatoms. The van der Waals surface area contributed by atoms with Gasteiger partial charge in [-0.25, -0.2) is 14.8 Å². The molecule has 35 heavy (non-hydrogen) atoms. The van der Waals surface area contributed by atoms with Crippen molar-refractivity contribution in [3.05, 3.63) is 87.2 Å². The van der Waals surface area contributed by atoms with Crippen molar-refractivity contribution in [2.24, 2.45) is 0 Å². The standard InChI is InChI=1S/C24H16Cl2N4O3S.ClH/c25-17-7-1-13(9-18(17)26)11-33-16-6-8-19-20(10-16)29-22(28-19)21-12-34-24(30-21)27-15-4-2-14(3-5-15)23(31)32;/h1-10,12H,11H2,(H,27,30)(H,28,29)(H,31,32);1H. The molecule has 0 aliphatic carbocycles. The summed E-state index contributed by atoms with van der Waals surface area (Å²) in [5, 5.41) is 15.8. The summed E-state index contributed by atoms with van der Waals surface area (Å²) in [6.07, 6.45) is 0. The Bertz CT molecular complexity index is 1500. The van der Waals surface area contributed by atoms with Gasteiger partial charge in [-0.05, 0) is 54.1 Å². The number of hydrogen-bond donors (Lipinski definition) is 3. The zero-order valence-corrected chi connectivity index (χ0v) is 20.9. The number of H-pyrrole nitrogens is 1. The van der Waals surface area contributed by atoms with E-state index >= 15 is 0 Å². The minimum absolute atomic E-state index is 0. The van der Waals surface area contributed by atoms with Crippen LogP contribution < -0.4 is 10.1 Å². The Hall–Kier alpha value is -3.30. The number of imidazole rings is 1. The zero-order chi connectivity index (χ0) is 23.7. The Morgan fingerprint density at radius 3 is 2.57 bits per heavy atom. The first-order valence-electron chi connectivity index (χ1n) is 10.1. The number of aromatic nitrogens is 3. The fourth-order valence-corrected chi connectivity index (χ4v) is 4.29. The van der Waals surface area contributed by atoms with Gasteiger partial charge in [0.05, 0.1) is 26.6 Å². The van der Waals surface area contributed by atoms with Crippen molar-refractivity contribution in [3.63, 3.8) is 0 Å². The highest BCUT2D eigenvalue weighted by atomic mass is 35.5. The summed E-state index contributed by atoms with van der Waals surface area (Å²) in [6, 6.07) is 17.5. The van der Waals surface area contributed by atoms with Crippen LogP contribution in [0.1, 0.15) is 15.9 Å². The maximum atomic E-state index is 11.0. The summed E-state index contributed by atoms with van der Waals surface area (Å²) in [7, 11) is 0. The molecule has 0 aliphatic rings. The van der Waals surface area contributed by atoms with Gasteiger partial charge in [0.2, 0.25) is 0 Å². The Morgan fingerprint density at radius 1 is 1.03 bits per heavy atom. The molecule has 2 heterocycles. The van der Waals surface area contributed by atoms with Crippen LogP contribution in [0, 0.1) is 0 Å². The molecule has 0 unspecified atom stereocenters. The molecule has 0 spiro atoms. The van der Waals surface area contributed by atoms with Crippen LogP contribution in [-0.2, 0) is 6.61 Å². The van der Waals surface area contributed by atoms with E-state index in [9.17, 15) is 4.79 Å². The maximum absolute atomic E-state index is 11.0. The van der Waals surface area contributed by atoms with Crippen molar-refractivity contribution in [1.82, 2.24) is 15.0 Å². The number of benzene rings is 3. The number of hydrogen-bond acceptors (Lipinski definition) is 6. The van der Waals surface area contributed by atoms with Crippen LogP contribution in [0.5, 0.6) is 5.75 Å². The first-order chi connectivity index (χ1) is 16.4. The van der Waals surface area contributed by atoms with Crippen LogP contribution in [0.3, 0.4) is 0 Å². The average Bonchev–Trinajstić information content (AvgIpc) is 3.46. The number of nitrogens with zero attached hydrogens (tertiary/aromatic N) is 2. The van der Waals surface area contributed by atoms with Crippen LogP contribution in [0.15, 0.2) is 66.0 Å². The topological polar surface area (TPSA) is 100 Å². The van der Waals surface area contributed by atoms with Crippen LogP contribution in [0.25, 0.3) is 22.6 Å². The second-order valence-electron chi connectivity index (χ2n) is 7.35. The normalized spacial score (nSPS) is 10.7. The zero-order valence-electron chi connectivity index (χ0n) is 17.8. The van der Waals surface area contributed by atoms with Gasteiger partial charge in [-0.2, -0.15) is 0 Å². The number of aromatic carboxylic acids is 1. The third-order valence-electron chi connectivity index (χ3n) is 4.97. The molecule has 3 N–H and O–H groups in total. The van der Waals surface area contributed by atoms with Gasteiger partial charge in [0.25, 0.3) is 0 Å². The minimum Gasteiger partial charge on any atom is -0.489 e. The molecular weight excluding hydrogens is 531 g/mol. The van der Waals surface area contributed by atoms with E-state index in [0.29, 0.717) is 39.1 Å². The molecule has 0 bridgehead atoms.